The number of hydrogen-bond donors (Lipinski definition) is 1. The third-order valence-electron chi connectivity index (χ3n) is 3.40. The summed E-state index contributed by atoms with van der Waals surface area (Å²) in [6.07, 6.45) is 1.71. The van der Waals surface area contributed by atoms with Gasteiger partial charge in [0.25, 0.3) is 11.1 Å². The number of carbonyl (C=O) groups is 3. The van der Waals surface area contributed by atoms with E-state index in [0.29, 0.717) is 10.6 Å². The second-order valence-electron chi connectivity index (χ2n) is 5.15. The molecule has 0 atom stereocenters. The standard InChI is InChI=1S/C17H14N2O3S2/c1-11-7-8-23-13(11)9-14-16(21)19(17(22)24-14)10-15(20)18-12-5-3-2-4-6-12/h2-9H,10H2,1H3,(H,18,20). The molecule has 0 unspecified atom stereocenters. The number of benzene rings is 1. The first-order valence-corrected chi connectivity index (χ1v) is 8.88. The summed E-state index contributed by atoms with van der Waals surface area (Å²) in [4.78, 5) is 38.7. The van der Waals surface area contributed by atoms with Gasteiger partial charge in [-0.2, -0.15) is 0 Å². The maximum absolute atomic E-state index is 12.4. The van der Waals surface area contributed by atoms with E-state index in [0.717, 1.165) is 27.1 Å². The molecule has 122 valence electrons. The van der Waals surface area contributed by atoms with Gasteiger partial charge in [-0.15, -0.1) is 11.3 Å². The Labute approximate surface area is 147 Å². The van der Waals surface area contributed by atoms with Crippen LogP contribution < -0.4 is 5.32 Å². The lowest BCUT2D eigenvalue weighted by molar-refractivity contribution is -0.127. The van der Waals surface area contributed by atoms with E-state index in [2.05, 4.69) is 5.32 Å². The summed E-state index contributed by atoms with van der Waals surface area (Å²) in [5, 5.41) is 4.17. The van der Waals surface area contributed by atoms with Crippen molar-refractivity contribution in [1.82, 2.24) is 4.90 Å². The van der Waals surface area contributed by atoms with Gasteiger partial charge in [0.05, 0.1) is 4.91 Å². The highest BCUT2D eigenvalue weighted by Crippen LogP contribution is 2.33. The van der Waals surface area contributed by atoms with E-state index in [4.69, 9.17) is 0 Å². The number of imide groups is 1. The Morgan fingerprint density at radius 2 is 1.96 bits per heavy atom. The minimum absolute atomic E-state index is 0.291. The third kappa shape index (κ3) is 3.58. The lowest BCUT2D eigenvalue weighted by atomic mass is 10.2. The lowest BCUT2D eigenvalue weighted by Crippen LogP contribution is -2.36. The van der Waals surface area contributed by atoms with Crippen molar-refractivity contribution in [3.05, 3.63) is 57.1 Å². The summed E-state index contributed by atoms with van der Waals surface area (Å²) in [6, 6.07) is 10.9. The molecule has 1 aliphatic rings. The van der Waals surface area contributed by atoms with E-state index in [1.807, 2.05) is 24.4 Å². The fourth-order valence-corrected chi connectivity index (χ4v) is 3.91. The van der Waals surface area contributed by atoms with Crippen LogP contribution in [0.5, 0.6) is 0 Å². The maximum atomic E-state index is 12.4. The molecule has 1 aromatic heterocycles. The zero-order valence-corrected chi connectivity index (χ0v) is 14.4. The molecular formula is C17H14N2O3S2. The van der Waals surface area contributed by atoms with Crippen LogP contribution in [-0.4, -0.2) is 28.5 Å². The van der Waals surface area contributed by atoms with E-state index in [1.165, 1.54) is 11.3 Å². The topological polar surface area (TPSA) is 66.5 Å². The van der Waals surface area contributed by atoms with Crippen LogP contribution in [0.4, 0.5) is 10.5 Å². The Kier molecular flexibility index (Phi) is 4.82. The quantitative estimate of drug-likeness (QED) is 0.846. The number of hydrogen-bond acceptors (Lipinski definition) is 5. The molecule has 0 aliphatic carbocycles. The number of nitrogens with zero attached hydrogens (tertiary/aromatic N) is 1. The van der Waals surface area contributed by atoms with Gasteiger partial charge in [-0.05, 0) is 53.9 Å². The van der Waals surface area contributed by atoms with E-state index in [-0.39, 0.29) is 6.54 Å². The van der Waals surface area contributed by atoms with Crippen LogP contribution >= 0.6 is 23.1 Å². The zero-order chi connectivity index (χ0) is 17.1. The first-order valence-electron chi connectivity index (χ1n) is 7.19. The average molecular weight is 358 g/mol. The van der Waals surface area contributed by atoms with Gasteiger partial charge in [-0.3, -0.25) is 19.3 Å². The largest absolute Gasteiger partial charge is 0.325 e. The van der Waals surface area contributed by atoms with Crippen molar-refractivity contribution in [3.8, 4) is 0 Å². The number of aryl methyl sites for hydroxylation is 1. The second kappa shape index (κ2) is 7.02. The van der Waals surface area contributed by atoms with Crippen molar-refractivity contribution < 1.29 is 14.4 Å². The molecule has 0 bridgehead atoms. The van der Waals surface area contributed by atoms with Gasteiger partial charge in [0, 0.05) is 10.6 Å². The predicted molar refractivity (Wildman–Crippen MR) is 96.8 cm³/mol. The number of amides is 3. The first-order chi connectivity index (χ1) is 11.5. The van der Waals surface area contributed by atoms with Crippen LogP contribution in [0.1, 0.15) is 10.4 Å². The van der Waals surface area contributed by atoms with Crippen LogP contribution in [0.3, 0.4) is 0 Å². The smallest absolute Gasteiger partial charge is 0.294 e. The molecule has 1 aromatic carbocycles. The van der Waals surface area contributed by atoms with Gasteiger partial charge >= 0.3 is 0 Å². The highest BCUT2D eigenvalue weighted by Gasteiger charge is 2.36. The second-order valence-corrected chi connectivity index (χ2v) is 7.09. The van der Waals surface area contributed by atoms with Crippen molar-refractivity contribution in [2.75, 3.05) is 11.9 Å². The summed E-state index contributed by atoms with van der Waals surface area (Å²) in [5.74, 6) is -0.835. The lowest BCUT2D eigenvalue weighted by Gasteiger charge is -2.12. The van der Waals surface area contributed by atoms with Crippen molar-refractivity contribution in [3.63, 3.8) is 0 Å². The van der Waals surface area contributed by atoms with E-state index in [9.17, 15) is 14.4 Å². The van der Waals surface area contributed by atoms with Crippen LogP contribution in [0.2, 0.25) is 0 Å². The fraction of sp³-hybridized carbons (Fsp3) is 0.118. The molecule has 1 fully saturated rings. The van der Waals surface area contributed by atoms with Crippen molar-refractivity contribution in [2.24, 2.45) is 0 Å². The molecule has 0 spiro atoms. The predicted octanol–water partition coefficient (Wildman–Crippen LogP) is 3.73. The highest BCUT2D eigenvalue weighted by molar-refractivity contribution is 8.18. The summed E-state index contributed by atoms with van der Waals surface area (Å²) >= 11 is 2.37. The van der Waals surface area contributed by atoms with Gasteiger partial charge in [0.2, 0.25) is 5.91 Å². The molecule has 0 saturated carbocycles. The minimum Gasteiger partial charge on any atom is -0.325 e. The molecule has 24 heavy (non-hydrogen) atoms. The van der Waals surface area contributed by atoms with Crippen molar-refractivity contribution in [1.29, 1.82) is 0 Å². The Morgan fingerprint density at radius 1 is 1.21 bits per heavy atom. The van der Waals surface area contributed by atoms with Crippen LogP contribution in [-0.2, 0) is 9.59 Å². The summed E-state index contributed by atoms with van der Waals surface area (Å²) in [5.41, 5.74) is 1.67. The molecule has 1 N–H and O–H groups in total. The minimum atomic E-state index is -0.430. The summed E-state index contributed by atoms with van der Waals surface area (Å²) in [6.45, 7) is 1.65. The van der Waals surface area contributed by atoms with Crippen LogP contribution in [0, 0.1) is 6.92 Å². The molecule has 1 saturated heterocycles. The van der Waals surface area contributed by atoms with Gasteiger partial charge < -0.3 is 5.32 Å². The number of rotatable bonds is 4. The number of carbonyl (C=O) groups excluding carboxylic acids is 3. The zero-order valence-electron chi connectivity index (χ0n) is 12.8. The molecule has 1 aliphatic heterocycles. The third-order valence-corrected chi connectivity index (χ3v) is 5.27. The number of nitrogens with one attached hydrogen (secondary N) is 1. The Morgan fingerprint density at radius 3 is 2.62 bits per heavy atom. The number of anilines is 1. The van der Waals surface area contributed by atoms with Gasteiger partial charge in [0.15, 0.2) is 0 Å². The summed E-state index contributed by atoms with van der Waals surface area (Å²) < 4.78 is 0. The molecule has 2 aromatic rings. The number of para-hydroxylation sites is 1. The highest BCUT2D eigenvalue weighted by atomic mass is 32.2. The van der Waals surface area contributed by atoms with E-state index in [1.54, 1.807) is 30.3 Å². The van der Waals surface area contributed by atoms with Crippen LogP contribution in [0.15, 0.2) is 46.7 Å². The van der Waals surface area contributed by atoms with Crippen LogP contribution in [0.25, 0.3) is 6.08 Å². The molecule has 0 radical (unpaired) electrons. The van der Waals surface area contributed by atoms with Gasteiger partial charge in [-0.25, -0.2) is 0 Å². The first kappa shape index (κ1) is 16.5. The van der Waals surface area contributed by atoms with E-state index >= 15 is 0 Å². The molecular weight excluding hydrogens is 344 g/mol. The molecule has 2 heterocycles. The average Bonchev–Trinajstić information content (AvgIpc) is 3.07. The normalized spacial score (nSPS) is 16.0. The molecule has 3 rings (SSSR count). The molecule has 5 nitrogen and oxygen atoms in total. The van der Waals surface area contributed by atoms with Gasteiger partial charge in [0.1, 0.15) is 6.54 Å². The van der Waals surface area contributed by atoms with Crippen molar-refractivity contribution in [2.45, 2.75) is 6.92 Å². The monoisotopic (exact) mass is 358 g/mol. The Bertz CT molecular complexity index is 827. The molecule has 3 amide bonds. The SMILES string of the molecule is Cc1ccsc1C=C1SC(=O)N(CC(=O)Nc2ccccc2)C1=O. The summed E-state index contributed by atoms with van der Waals surface area (Å²) in [7, 11) is 0. The maximum Gasteiger partial charge on any atom is 0.294 e. The Balaban J connectivity index is 1.69. The van der Waals surface area contributed by atoms with Crippen molar-refractivity contribution >= 4 is 51.9 Å². The van der Waals surface area contributed by atoms with E-state index < -0.39 is 17.1 Å². The number of thioether (sulfide) groups is 1. The number of thiophene rings is 1. The fourth-order valence-electron chi connectivity index (χ4n) is 2.15. The molecule has 7 heteroatoms. The van der Waals surface area contributed by atoms with Gasteiger partial charge in [-0.1, -0.05) is 18.2 Å². The Hall–Kier alpha value is -2.38.